The summed E-state index contributed by atoms with van der Waals surface area (Å²) in [5, 5.41) is 19.2. The van der Waals surface area contributed by atoms with Gasteiger partial charge in [-0.2, -0.15) is 0 Å². The number of hydrogen-bond acceptors (Lipinski definition) is 3. The highest BCUT2D eigenvalue weighted by molar-refractivity contribution is 9.10. The lowest BCUT2D eigenvalue weighted by molar-refractivity contribution is -0.139. The summed E-state index contributed by atoms with van der Waals surface area (Å²) in [6.45, 7) is 3.66. The van der Waals surface area contributed by atoms with E-state index >= 15 is 0 Å². The van der Waals surface area contributed by atoms with Gasteiger partial charge < -0.3 is 14.9 Å². The van der Waals surface area contributed by atoms with Crippen LogP contribution in [0.5, 0.6) is 5.75 Å². The molecule has 1 aromatic rings. The SMILES string of the molecule is COc1ccc(Br)cc1C(O)CC(C)(C)CC(=O)O. The van der Waals surface area contributed by atoms with Crippen LogP contribution in [0.2, 0.25) is 0 Å². The Morgan fingerprint density at radius 2 is 2.11 bits per heavy atom. The van der Waals surface area contributed by atoms with Crippen LogP contribution in [0.4, 0.5) is 0 Å². The topological polar surface area (TPSA) is 66.8 Å². The highest BCUT2D eigenvalue weighted by Gasteiger charge is 2.27. The number of carboxylic acids is 1. The van der Waals surface area contributed by atoms with Gasteiger partial charge in [-0.3, -0.25) is 4.79 Å². The number of rotatable bonds is 6. The number of methoxy groups -OCH3 is 1. The largest absolute Gasteiger partial charge is 0.496 e. The molecular formula is C14H19BrO4. The zero-order valence-corrected chi connectivity index (χ0v) is 12.9. The number of carboxylic acid groups (broad SMARTS) is 1. The number of aliphatic carboxylic acids is 1. The van der Waals surface area contributed by atoms with Gasteiger partial charge in [-0.05, 0) is 30.0 Å². The lowest BCUT2D eigenvalue weighted by Gasteiger charge is -2.26. The minimum absolute atomic E-state index is 0.0143. The lowest BCUT2D eigenvalue weighted by Crippen LogP contribution is -2.20. The molecule has 0 saturated heterocycles. The van der Waals surface area contributed by atoms with E-state index in [0.717, 1.165) is 4.47 Å². The van der Waals surface area contributed by atoms with Crippen molar-refractivity contribution in [3.05, 3.63) is 28.2 Å². The van der Waals surface area contributed by atoms with Crippen molar-refractivity contribution in [2.24, 2.45) is 5.41 Å². The highest BCUT2D eigenvalue weighted by Crippen LogP contribution is 2.37. The van der Waals surface area contributed by atoms with Crippen LogP contribution in [-0.2, 0) is 4.79 Å². The molecule has 0 spiro atoms. The summed E-state index contributed by atoms with van der Waals surface area (Å²) in [4.78, 5) is 10.8. The smallest absolute Gasteiger partial charge is 0.303 e. The molecule has 1 rings (SSSR count). The highest BCUT2D eigenvalue weighted by atomic mass is 79.9. The first-order chi connectivity index (χ1) is 8.75. The fourth-order valence-electron chi connectivity index (χ4n) is 2.08. The van der Waals surface area contributed by atoms with Gasteiger partial charge in [-0.15, -0.1) is 0 Å². The van der Waals surface area contributed by atoms with E-state index in [1.165, 1.54) is 0 Å². The standard InChI is InChI=1S/C14H19BrO4/c1-14(2,8-13(17)18)7-11(16)10-6-9(15)4-5-12(10)19-3/h4-6,11,16H,7-8H2,1-3H3,(H,17,18). The predicted octanol–water partition coefficient (Wildman–Crippen LogP) is 3.38. The lowest BCUT2D eigenvalue weighted by atomic mass is 9.82. The number of carbonyl (C=O) groups is 1. The number of hydrogen-bond donors (Lipinski definition) is 2. The number of aliphatic hydroxyl groups is 1. The monoisotopic (exact) mass is 330 g/mol. The first-order valence-electron chi connectivity index (χ1n) is 5.98. The second-order valence-corrected chi connectivity index (χ2v) is 6.26. The van der Waals surface area contributed by atoms with Gasteiger partial charge >= 0.3 is 5.97 Å². The molecule has 5 heteroatoms. The van der Waals surface area contributed by atoms with Gasteiger partial charge in [-0.25, -0.2) is 0 Å². The quantitative estimate of drug-likeness (QED) is 0.839. The number of halogens is 1. The van der Waals surface area contributed by atoms with Gasteiger partial charge in [-0.1, -0.05) is 29.8 Å². The normalized spacial score (nSPS) is 13.1. The Hall–Kier alpha value is -1.07. The van der Waals surface area contributed by atoms with E-state index in [1.54, 1.807) is 19.2 Å². The van der Waals surface area contributed by atoms with Crippen LogP contribution in [0, 0.1) is 5.41 Å². The van der Waals surface area contributed by atoms with Crippen molar-refractivity contribution >= 4 is 21.9 Å². The number of ether oxygens (including phenoxy) is 1. The third kappa shape index (κ3) is 4.84. The molecule has 0 aliphatic heterocycles. The fraction of sp³-hybridized carbons (Fsp3) is 0.500. The zero-order chi connectivity index (χ0) is 14.6. The Morgan fingerprint density at radius 3 is 2.63 bits per heavy atom. The van der Waals surface area contributed by atoms with E-state index in [4.69, 9.17) is 9.84 Å². The van der Waals surface area contributed by atoms with Gasteiger partial charge in [0.1, 0.15) is 5.75 Å². The average Bonchev–Trinajstić information content (AvgIpc) is 2.26. The van der Waals surface area contributed by atoms with E-state index in [9.17, 15) is 9.90 Å². The van der Waals surface area contributed by atoms with Crippen molar-refractivity contribution in [1.82, 2.24) is 0 Å². The summed E-state index contributed by atoms with van der Waals surface area (Å²) in [5.74, 6) is -0.264. The molecule has 0 bridgehead atoms. The Morgan fingerprint density at radius 1 is 1.47 bits per heavy atom. The molecule has 2 N–H and O–H groups in total. The Kier molecular flexibility index (Phi) is 5.38. The minimum atomic E-state index is -0.863. The molecule has 19 heavy (non-hydrogen) atoms. The third-order valence-corrected chi connectivity index (χ3v) is 3.42. The van der Waals surface area contributed by atoms with Crippen LogP contribution < -0.4 is 4.74 Å². The summed E-state index contributed by atoms with van der Waals surface area (Å²) in [6, 6.07) is 5.39. The van der Waals surface area contributed by atoms with Crippen molar-refractivity contribution in [3.8, 4) is 5.75 Å². The molecule has 0 aliphatic rings. The summed E-state index contributed by atoms with van der Waals surface area (Å²) >= 11 is 3.35. The van der Waals surface area contributed by atoms with E-state index in [1.807, 2.05) is 19.9 Å². The predicted molar refractivity (Wildman–Crippen MR) is 76.3 cm³/mol. The van der Waals surface area contributed by atoms with E-state index < -0.39 is 17.5 Å². The molecule has 1 aromatic carbocycles. The van der Waals surface area contributed by atoms with Gasteiger partial charge in [0.05, 0.1) is 19.6 Å². The molecule has 0 heterocycles. The maximum atomic E-state index is 10.8. The molecule has 0 fully saturated rings. The zero-order valence-electron chi connectivity index (χ0n) is 11.3. The molecule has 4 nitrogen and oxygen atoms in total. The van der Waals surface area contributed by atoms with E-state index in [2.05, 4.69) is 15.9 Å². The van der Waals surface area contributed by atoms with Crippen LogP contribution in [0.25, 0.3) is 0 Å². The van der Waals surface area contributed by atoms with Crippen molar-refractivity contribution < 1.29 is 19.7 Å². The number of benzene rings is 1. The Balaban J connectivity index is 2.91. The summed E-state index contributed by atoms with van der Waals surface area (Å²) in [6.07, 6.45) is -0.395. The van der Waals surface area contributed by atoms with Gasteiger partial charge in [0.25, 0.3) is 0 Å². The van der Waals surface area contributed by atoms with Gasteiger partial charge in [0.2, 0.25) is 0 Å². The molecule has 106 valence electrons. The van der Waals surface area contributed by atoms with Crippen molar-refractivity contribution in [3.63, 3.8) is 0 Å². The van der Waals surface area contributed by atoms with Crippen LogP contribution in [0.15, 0.2) is 22.7 Å². The van der Waals surface area contributed by atoms with Crippen molar-refractivity contribution in [2.45, 2.75) is 32.8 Å². The maximum absolute atomic E-state index is 10.8. The van der Waals surface area contributed by atoms with Crippen LogP contribution in [0.3, 0.4) is 0 Å². The van der Waals surface area contributed by atoms with Crippen LogP contribution >= 0.6 is 15.9 Å². The first kappa shape index (κ1) is 16.0. The number of aliphatic hydroxyl groups excluding tert-OH is 1. The second kappa shape index (κ2) is 6.39. The molecule has 1 atom stereocenters. The minimum Gasteiger partial charge on any atom is -0.496 e. The third-order valence-electron chi connectivity index (χ3n) is 2.93. The molecule has 0 radical (unpaired) electrons. The average molecular weight is 331 g/mol. The molecular weight excluding hydrogens is 312 g/mol. The maximum Gasteiger partial charge on any atom is 0.303 e. The van der Waals surface area contributed by atoms with Crippen LogP contribution in [-0.4, -0.2) is 23.3 Å². The van der Waals surface area contributed by atoms with Crippen molar-refractivity contribution in [1.29, 1.82) is 0 Å². The molecule has 0 saturated carbocycles. The second-order valence-electron chi connectivity index (χ2n) is 5.34. The van der Waals surface area contributed by atoms with Gasteiger partial charge in [0.15, 0.2) is 0 Å². The summed E-state index contributed by atoms with van der Waals surface area (Å²) < 4.78 is 6.07. The summed E-state index contributed by atoms with van der Waals surface area (Å²) in [7, 11) is 1.54. The summed E-state index contributed by atoms with van der Waals surface area (Å²) in [5.41, 5.74) is 0.175. The molecule has 0 amide bonds. The van der Waals surface area contributed by atoms with E-state index in [0.29, 0.717) is 17.7 Å². The first-order valence-corrected chi connectivity index (χ1v) is 6.78. The Labute approximate surface area is 121 Å². The van der Waals surface area contributed by atoms with Crippen LogP contribution in [0.1, 0.15) is 38.4 Å². The molecule has 0 aromatic heterocycles. The molecule has 1 unspecified atom stereocenters. The molecule has 0 aliphatic carbocycles. The van der Waals surface area contributed by atoms with Crippen molar-refractivity contribution in [2.75, 3.05) is 7.11 Å². The fourth-order valence-corrected chi connectivity index (χ4v) is 2.46. The van der Waals surface area contributed by atoms with Gasteiger partial charge in [0, 0.05) is 10.0 Å². The Bertz CT molecular complexity index is 457. The van der Waals surface area contributed by atoms with E-state index in [-0.39, 0.29) is 6.42 Å².